The van der Waals surface area contributed by atoms with Crippen molar-refractivity contribution in [1.29, 1.82) is 0 Å². The Labute approximate surface area is 143 Å². The summed E-state index contributed by atoms with van der Waals surface area (Å²) in [6.45, 7) is 0.0531. The smallest absolute Gasteiger partial charge is 0.269 e. The lowest BCUT2D eigenvalue weighted by Crippen LogP contribution is -2.41. The number of nitrogens with one attached hydrogen (secondary N) is 1. The molecule has 130 valence electrons. The predicted molar refractivity (Wildman–Crippen MR) is 88.0 cm³/mol. The van der Waals surface area contributed by atoms with Crippen LogP contribution in [0.4, 0.5) is 5.69 Å². The Kier molecular flexibility index (Phi) is 4.90. The highest BCUT2D eigenvalue weighted by Crippen LogP contribution is 2.30. The second kappa shape index (κ2) is 7.27. The van der Waals surface area contributed by atoms with E-state index in [1.54, 1.807) is 18.3 Å². The number of pyridine rings is 1. The molecular formula is C17H17N3O5. The molecule has 1 amide bonds. The van der Waals surface area contributed by atoms with Gasteiger partial charge in [-0.05, 0) is 25.0 Å². The van der Waals surface area contributed by atoms with E-state index < -0.39 is 17.1 Å². The van der Waals surface area contributed by atoms with E-state index in [9.17, 15) is 20.0 Å². The number of ether oxygens (including phenoxy) is 1. The number of aliphatic hydroxyl groups is 1. The van der Waals surface area contributed by atoms with Crippen LogP contribution >= 0.6 is 0 Å². The molecule has 2 atom stereocenters. The van der Waals surface area contributed by atoms with Crippen molar-refractivity contribution in [3.05, 3.63) is 64.0 Å². The third kappa shape index (κ3) is 3.92. The predicted octanol–water partition coefficient (Wildman–Crippen LogP) is 1.53. The molecule has 0 saturated carbocycles. The SMILES string of the molecule is O=C(NCC(O)c1cccnc1)C1CCc2cc([N+](=O)[O-])ccc2O1. The molecule has 8 heteroatoms. The van der Waals surface area contributed by atoms with Gasteiger partial charge in [-0.1, -0.05) is 6.07 Å². The van der Waals surface area contributed by atoms with Gasteiger partial charge in [-0.15, -0.1) is 0 Å². The molecule has 2 unspecified atom stereocenters. The van der Waals surface area contributed by atoms with Crippen molar-refractivity contribution in [1.82, 2.24) is 10.3 Å². The van der Waals surface area contributed by atoms with Crippen LogP contribution in [0.5, 0.6) is 5.75 Å². The van der Waals surface area contributed by atoms with E-state index in [0.29, 0.717) is 29.7 Å². The van der Waals surface area contributed by atoms with E-state index in [1.807, 2.05) is 0 Å². The average molecular weight is 343 g/mol. The maximum absolute atomic E-state index is 12.2. The summed E-state index contributed by atoms with van der Waals surface area (Å²) >= 11 is 0. The van der Waals surface area contributed by atoms with Crippen LogP contribution in [-0.4, -0.2) is 33.6 Å². The monoisotopic (exact) mass is 343 g/mol. The zero-order chi connectivity index (χ0) is 17.8. The number of aromatic nitrogens is 1. The van der Waals surface area contributed by atoms with Gasteiger partial charge < -0.3 is 15.2 Å². The molecule has 1 aliphatic rings. The van der Waals surface area contributed by atoms with Gasteiger partial charge in [0.25, 0.3) is 11.6 Å². The molecule has 2 aromatic rings. The van der Waals surface area contributed by atoms with Crippen LogP contribution in [0, 0.1) is 10.1 Å². The number of hydrogen-bond donors (Lipinski definition) is 2. The summed E-state index contributed by atoms with van der Waals surface area (Å²) in [7, 11) is 0. The van der Waals surface area contributed by atoms with Gasteiger partial charge in [0, 0.05) is 42.2 Å². The van der Waals surface area contributed by atoms with Gasteiger partial charge in [-0.2, -0.15) is 0 Å². The number of non-ortho nitro benzene ring substituents is 1. The highest BCUT2D eigenvalue weighted by Gasteiger charge is 2.27. The minimum atomic E-state index is -0.851. The number of hydrogen-bond acceptors (Lipinski definition) is 6. The number of rotatable bonds is 5. The fourth-order valence-electron chi connectivity index (χ4n) is 2.68. The van der Waals surface area contributed by atoms with E-state index in [2.05, 4.69) is 10.3 Å². The second-order valence-corrected chi connectivity index (χ2v) is 5.74. The summed E-state index contributed by atoms with van der Waals surface area (Å²) in [6, 6.07) is 7.77. The molecular weight excluding hydrogens is 326 g/mol. The van der Waals surface area contributed by atoms with Crippen LogP contribution in [0.3, 0.4) is 0 Å². The van der Waals surface area contributed by atoms with Crippen molar-refractivity contribution in [3.8, 4) is 5.75 Å². The standard InChI is InChI=1S/C17H17N3O5/c21-14(12-2-1-7-18-9-12)10-19-17(22)16-5-3-11-8-13(20(23)24)4-6-15(11)25-16/h1-2,4,6-9,14,16,21H,3,5,10H2,(H,19,22). The van der Waals surface area contributed by atoms with Crippen LogP contribution in [0.15, 0.2) is 42.7 Å². The first-order valence-corrected chi connectivity index (χ1v) is 7.84. The molecule has 8 nitrogen and oxygen atoms in total. The first-order chi connectivity index (χ1) is 12.0. The summed E-state index contributed by atoms with van der Waals surface area (Å²) in [5.41, 5.74) is 1.34. The summed E-state index contributed by atoms with van der Waals surface area (Å²) in [5, 5.41) is 23.5. The van der Waals surface area contributed by atoms with Gasteiger partial charge >= 0.3 is 0 Å². The highest BCUT2D eigenvalue weighted by molar-refractivity contribution is 5.81. The zero-order valence-corrected chi connectivity index (χ0v) is 13.3. The van der Waals surface area contributed by atoms with Crippen LogP contribution in [0.25, 0.3) is 0 Å². The molecule has 0 spiro atoms. The Balaban J connectivity index is 1.58. The Morgan fingerprint density at radius 1 is 1.48 bits per heavy atom. The number of nitro groups is 1. The van der Waals surface area contributed by atoms with Crippen molar-refractivity contribution in [3.63, 3.8) is 0 Å². The van der Waals surface area contributed by atoms with Crippen molar-refractivity contribution in [2.75, 3.05) is 6.54 Å². The first-order valence-electron chi connectivity index (χ1n) is 7.84. The fourth-order valence-corrected chi connectivity index (χ4v) is 2.68. The van der Waals surface area contributed by atoms with Gasteiger partial charge in [0.05, 0.1) is 11.0 Å². The van der Waals surface area contributed by atoms with Gasteiger partial charge in [0.15, 0.2) is 6.10 Å². The lowest BCUT2D eigenvalue weighted by atomic mass is 10.0. The van der Waals surface area contributed by atoms with Gasteiger partial charge in [0.2, 0.25) is 0 Å². The first kappa shape index (κ1) is 16.8. The van der Waals surface area contributed by atoms with Crippen molar-refractivity contribution in [2.45, 2.75) is 25.0 Å². The zero-order valence-electron chi connectivity index (χ0n) is 13.3. The maximum atomic E-state index is 12.2. The second-order valence-electron chi connectivity index (χ2n) is 5.74. The van der Waals surface area contributed by atoms with E-state index in [0.717, 1.165) is 0 Å². The molecule has 25 heavy (non-hydrogen) atoms. The lowest BCUT2D eigenvalue weighted by Gasteiger charge is -2.25. The lowest BCUT2D eigenvalue weighted by molar-refractivity contribution is -0.385. The minimum absolute atomic E-state index is 0.00449. The summed E-state index contributed by atoms with van der Waals surface area (Å²) < 4.78 is 5.64. The number of nitrogens with zero attached hydrogens (tertiary/aromatic N) is 2. The molecule has 1 aromatic heterocycles. The number of carbonyl (C=O) groups is 1. The topological polar surface area (TPSA) is 115 Å². The number of benzene rings is 1. The Bertz CT molecular complexity index is 781. The van der Waals surface area contributed by atoms with Crippen LogP contribution in [0.2, 0.25) is 0 Å². The average Bonchev–Trinajstić information content (AvgIpc) is 2.65. The summed E-state index contributed by atoms with van der Waals surface area (Å²) in [5.74, 6) is 0.150. The minimum Gasteiger partial charge on any atom is -0.480 e. The summed E-state index contributed by atoms with van der Waals surface area (Å²) in [6.07, 6.45) is 2.54. The Morgan fingerprint density at radius 3 is 3.04 bits per heavy atom. The molecule has 0 aliphatic carbocycles. The van der Waals surface area contributed by atoms with Crippen molar-refractivity contribution < 1.29 is 19.6 Å². The Morgan fingerprint density at radius 2 is 2.32 bits per heavy atom. The number of carbonyl (C=O) groups excluding carboxylic acids is 1. The largest absolute Gasteiger partial charge is 0.480 e. The quantitative estimate of drug-likeness (QED) is 0.628. The number of aryl methyl sites for hydroxylation is 1. The molecule has 2 heterocycles. The van der Waals surface area contributed by atoms with E-state index in [1.165, 1.54) is 24.4 Å². The molecule has 2 N–H and O–H groups in total. The summed E-state index contributed by atoms with van der Waals surface area (Å²) in [4.78, 5) is 26.5. The van der Waals surface area contributed by atoms with Gasteiger partial charge in [0.1, 0.15) is 5.75 Å². The molecule has 0 saturated heterocycles. The third-order valence-electron chi connectivity index (χ3n) is 4.03. The highest BCUT2D eigenvalue weighted by atomic mass is 16.6. The normalized spacial score (nSPS) is 17.1. The van der Waals surface area contributed by atoms with Gasteiger partial charge in [-0.3, -0.25) is 19.9 Å². The van der Waals surface area contributed by atoms with Crippen LogP contribution in [0.1, 0.15) is 23.7 Å². The molecule has 0 bridgehead atoms. The third-order valence-corrected chi connectivity index (χ3v) is 4.03. The molecule has 3 rings (SSSR count). The number of amides is 1. The van der Waals surface area contributed by atoms with Crippen LogP contribution in [-0.2, 0) is 11.2 Å². The van der Waals surface area contributed by atoms with E-state index >= 15 is 0 Å². The van der Waals surface area contributed by atoms with E-state index in [4.69, 9.17) is 4.74 Å². The number of nitro benzene ring substituents is 1. The number of aliphatic hydroxyl groups excluding tert-OH is 1. The number of fused-ring (bicyclic) bond motifs is 1. The molecule has 0 radical (unpaired) electrons. The Hall–Kier alpha value is -3.00. The molecule has 1 aromatic carbocycles. The molecule has 1 aliphatic heterocycles. The van der Waals surface area contributed by atoms with E-state index in [-0.39, 0.29) is 18.1 Å². The van der Waals surface area contributed by atoms with Gasteiger partial charge in [-0.25, -0.2) is 0 Å². The fraction of sp³-hybridized carbons (Fsp3) is 0.294. The van der Waals surface area contributed by atoms with Crippen LogP contribution < -0.4 is 10.1 Å². The van der Waals surface area contributed by atoms with Crippen molar-refractivity contribution in [2.24, 2.45) is 0 Å². The molecule has 0 fully saturated rings. The maximum Gasteiger partial charge on any atom is 0.269 e. The van der Waals surface area contributed by atoms with Crippen molar-refractivity contribution >= 4 is 11.6 Å².